The van der Waals surface area contributed by atoms with Gasteiger partial charge < -0.3 is 10.1 Å². The van der Waals surface area contributed by atoms with Crippen molar-refractivity contribution in [2.75, 3.05) is 0 Å². The summed E-state index contributed by atoms with van der Waals surface area (Å²) in [5, 5.41) is 20.2. The monoisotopic (exact) mass is 456 g/mol. The highest BCUT2D eigenvalue weighted by Crippen LogP contribution is 2.36. The number of nitriles is 1. The zero-order valence-electron chi connectivity index (χ0n) is 20.5. The van der Waals surface area contributed by atoms with Gasteiger partial charge in [-0.2, -0.15) is 10.4 Å². The number of aromatic amines is 1. The molecule has 176 valence electrons. The first-order valence-corrected chi connectivity index (χ1v) is 11.7. The molecule has 0 amide bonds. The average molecular weight is 457 g/mol. The van der Waals surface area contributed by atoms with Gasteiger partial charge in [0.05, 0.1) is 6.20 Å². The average Bonchev–Trinajstić information content (AvgIpc) is 3.27. The number of ether oxygens (including phenoxy) is 1. The van der Waals surface area contributed by atoms with Gasteiger partial charge in [-0.25, -0.2) is 0 Å². The van der Waals surface area contributed by atoms with Crippen molar-refractivity contribution in [3.8, 4) is 28.7 Å². The van der Waals surface area contributed by atoms with E-state index in [9.17, 15) is 10.1 Å². The molecule has 6 nitrogen and oxygen atoms in total. The van der Waals surface area contributed by atoms with E-state index in [1.807, 2.05) is 37.3 Å². The zero-order chi connectivity index (χ0) is 24.5. The minimum atomic E-state index is 0.0176. The molecular formula is C28H32N4O2. The number of aromatic nitrogens is 2. The Hall–Kier alpha value is -3.43. The molecule has 1 aliphatic heterocycles. The summed E-state index contributed by atoms with van der Waals surface area (Å²) < 4.78 is 6.14. The fourth-order valence-electron chi connectivity index (χ4n) is 5.48. The summed E-state index contributed by atoms with van der Waals surface area (Å²) >= 11 is 0. The maximum Gasteiger partial charge on any atom is 0.163 e. The van der Waals surface area contributed by atoms with Gasteiger partial charge in [0.25, 0.3) is 0 Å². The van der Waals surface area contributed by atoms with Gasteiger partial charge in [0, 0.05) is 40.4 Å². The first-order chi connectivity index (χ1) is 16.1. The molecule has 0 bridgehead atoms. The van der Waals surface area contributed by atoms with E-state index in [4.69, 9.17) is 4.74 Å². The first-order valence-electron chi connectivity index (χ1n) is 11.7. The van der Waals surface area contributed by atoms with E-state index < -0.39 is 0 Å². The van der Waals surface area contributed by atoms with Crippen molar-refractivity contribution >= 4 is 5.78 Å². The number of piperidine rings is 1. The summed E-state index contributed by atoms with van der Waals surface area (Å²) in [6, 6.07) is 13.3. The Kier molecular flexibility index (Phi) is 6.33. The Labute approximate surface area is 201 Å². The third-order valence-corrected chi connectivity index (χ3v) is 6.41. The molecule has 1 saturated heterocycles. The molecule has 34 heavy (non-hydrogen) atoms. The SMILES string of the molecule is Cc1cc(C(=O)CC2CC(C)(C)NC(C)(C)C2)ccc1Oc1cccc(-c2cn[nH]c2)c1C#N. The van der Waals surface area contributed by atoms with Crippen molar-refractivity contribution < 1.29 is 9.53 Å². The number of hydrogen-bond acceptors (Lipinski definition) is 5. The molecular weight excluding hydrogens is 424 g/mol. The topological polar surface area (TPSA) is 90.8 Å². The van der Waals surface area contributed by atoms with Crippen LogP contribution in [0.25, 0.3) is 11.1 Å². The highest BCUT2D eigenvalue weighted by molar-refractivity contribution is 5.96. The van der Waals surface area contributed by atoms with Crippen LogP contribution in [0.5, 0.6) is 11.5 Å². The highest BCUT2D eigenvalue weighted by atomic mass is 16.5. The van der Waals surface area contributed by atoms with Crippen LogP contribution in [0.1, 0.15) is 68.4 Å². The molecule has 2 N–H and O–H groups in total. The van der Waals surface area contributed by atoms with Gasteiger partial charge in [-0.05, 0) is 83.2 Å². The van der Waals surface area contributed by atoms with Gasteiger partial charge in [-0.3, -0.25) is 9.89 Å². The molecule has 1 aromatic heterocycles. The summed E-state index contributed by atoms with van der Waals surface area (Å²) in [5.41, 5.74) is 3.61. The standard InChI is InChI=1S/C28H32N4O2/c1-18-11-20(24(33)12-19-13-27(2,3)32-28(4,5)14-19)9-10-25(18)34-26-8-6-7-22(23(26)15-29)21-16-30-31-17-21/h6-11,16-17,19,32H,12-14H2,1-5H3,(H,30,31). The second-order valence-electron chi connectivity index (χ2n) is 10.7. The minimum Gasteiger partial charge on any atom is -0.456 e. The number of hydrogen-bond donors (Lipinski definition) is 2. The Bertz CT molecular complexity index is 1220. The van der Waals surface area contributed by atoms with Gasteiger partial charge in [-0.15, -0.1) is 0 Å². The lowest BCUT2D eigenvalue weighted by Crippen LogP contribution is -2.57. The van der Waals surface area contributed by atoms with E-state index in [0.717, 1.165) is 29.5 Å². The predicted octanol–water partition coefficient (Wildman–Crippen LogP) is 6.18. The van der Waals surface area contributed by atoms with Crippen LogP contribution in [0.4, 0.5) is 0 Å². The van der Waals surface area contributed by atoms with Crippen LogP contribution >= 0.6 is 0 Å². The summed E-state index contributed by atoms with van der Waals surface area (Å²) in [7, 11) is 0. The Morgan fingerprint density at radius 2 is 1.88 bits per heavy atom. The highest BCUT2D eigenvalue weighted by Gasteiger charge is 2.38. The molecule has 3 aromatic rings. The summed E-state index contributed by atoms with van der Waals surface area (Å²) in [6.07, 6.45) is 5.92. The van der Waals surface area contributed by atoms with Crippen LogP contribution in [0.2, 0.25) is 0 Å². The molecule has 4 rings (SSSR count). The van der Waals surface area contributed by atoms with Crippen molar-refractivity contribution in [3.63, 3.8) is 0 Å². The number of benzene rings is 2. The molecule has 0 unspecified atom stereocenters. The summed E-state index contributed by atoms with van der Waals surface area (Å²) in [6.45, 7) is 10.8. The number of carbonyl (C=O) groups is 1. The molecule has 0 radical (unpaired) electrons. The third kappa shape index (κ3) is 5.21. The van der Waals surface area contributed by atoms with E-state index >= 15 is 0 Å². The second-order valence-corrected chi connectivity index (χ2v) is 10.7. The number of nitrogens with one attached hydrogen (secondary N) is 2. The van der Waals surface area contributed by atoms with E-state index in [1.165, 1.54) is 0 Å². The van der Waals surface area contributed by atoms with Crippen molar-refractivity contribution in [1.29, 1.82) is 5.26 Å². The van der Waals surface area contributed by atoms with Crippen LogP contribution in [-0.2, 0) is 0 Å². The van der Waals surface area contributed by atoms with Crippen LogP contribution in [0, 0.1) is 24.2 Å². The Morgan fingerprint density at radius 3 is 2.50 bits per heavy atom. The molecule has 0 spiro atoms. The van der Waals surface area contributed by atoms with Crippen LogP contribution < -0.4 is 10.1 Å². The quantitative estimate of drug-likeness (QED) is 0.432. The number of Topliss-reactive ketones (excluding diaryl/α,β-unsaturated/α-hetero) is 1. The van der Waals surface area contributed by atoms with Crippen LogP contribution in [0.3, 0.4) is 0 Å². The smallest absolute Gasteiger partial charge is 0.163 e. The number of ketones is 1. The normalized spacial score (nSPS) is 17.2. The molecule has 6 heteroatoms. The van der Waals surface area contributed by atoms with Gasteiger partial charge in [-0.1, -0.05) is 12.1 Å². The van der Waals surface area contributed by atoms with E-state index in [0.29, 0.717) is 35.0 Å². The lowest BCUT2D eigenvalue weighted by molar-refractivity contribution is 0.0864. The Morgan fingerprint density at radius 1 is 1.15 bits per heavy atom. The first kappa shape index (κ1) is 23.7. The molecule has 1 aliphatic rings. The summed E-state index contributed by atoms with van der Waals surface area (Å²) in [4.78, 5) is 13.1. The maximum atomic E-state index is 13.1. The largest absolute Gasteiger partial charge is 0.456 e. The van der Waals surface area contributed by atoms with E-state index in [1.54, 1.807) is 18.5 Å². The predicted molar refractivity (Wildman–Crippen MR) is 133 cm³/mol. The molecule has 0 aliphatic carbocycles. The number of H-pyrrole nitrogens is 1. The van der Waals surface area contributed by atoms with Crippen molar-refractivity contribution in [1.82, 2.24) is 15.5 Å². The van der Waals surface area contributed by atoms with Crippen LogP contribution in [0.15, 0.2) is 48.8 Å². The molecule has 2 aromatic carbocycles. The van der Waals surface area contributed by atoms with E-state index in [-0.39, 0.29) is 16.9 Å². The van der Waals surface area contributed by atoms with Crippen molar-refractivity contribution in [3.05, 3.63) is 65.5 Å². The van der Waals surface area contributed by atoms with Gasteiger partial charge in [0.1, 0.15) is 23.1 Å². The fourth-order valence-corrected chi connectivity index (χ4v) is 5.48. The Balaban J connectivity index is 1.52. The van der Waals surface area contributed by atoms with Crippen molar-refractivity contribution in [2.45, 2.75) is 65.0 Å². The maximum absolute atomic E-state index is 13.1. The number of aryl methyl sites for hydroxylation is 1. The van der Waals surface area contributed by atoms with E-state index in [2.05, 4.69) is 49.3 Å². The molecule has 2 heterocycles. The zero-order valence-corrected chi connectivity index (χ0v) is 20.5. The molecule has 0 atom stereocenters. The fraction of sp³-hybridized carbons (Fsp3) is 0.393. The second kappa shape index (κ2) is 9.08. The lowest BCUT2D eigenvalue weighted by atomic mass is 9.74. The number of rotatable bonds is 6. The summed E-state index contributed by atoms with van der Waals surface area (Å²) in [5.74, 6) is 1.61. The van der Waals surface area contributed by atoms with Crippen LogP contribution in [-0.4, -0.2) is 27.1 Å². The van der Waals surface area contributed by atoms with Gasteiger partial charge in [0.15, 0.2) is 5.78 Å². The molecule has 1 fully saturated rings. The van der Waals surface area contributed by atoms with Crippen molar-refractivity contribution in [2.24, 2.45) is 5.92 Å². The van der Waals surface area contributed by atoms with Gasteiger partial charge >= 0.3 is 0 Å². The number of carbonyl (C=O) groups excluding carboxylic acids is 1. The minimum absolute atomic E-state index is 0.0176. The number of nitrogens with zero attached hydrogens (tertiary/aromatic N) is 2. The third-order valence-electron chi connectivity index (χ3n) is 6.41. The van der Waals surface area contributed by atoms with Gasteiger partial charge in [0.2, 0.25) is 0 Å². The lowest BCUT2D eigenvalue weighted by Gasteiger charge is -2.46. The molecule has 0 saturated carbocycles.